The molecule has 1 atom stereocenters. The van der Waals surface area contributed by atoms with Crippen LogP contribution in [-0.2, 0) is 0 Å². The molecule has 0 saturated heterocycles. The third kappa shape index (κ3) is 2.17. The van der Waals surface area contributed by atoms with E-state index >= 15 is 0 Å². The van der Waals surface area contributed by atoms with Crippen LogP contribution in [0.15, 0.2) is 24.3 Å². The molecule has 1 saturated carbocycles. The van der Waals surface area contributed by atoms with Crippen molar-refractivity contribution in [1.29, 1.82) is 0 Å². The molecule has 0 spiro atoms. The Morgan fingerprint density at radius 2 is 2.18 bits per heavy atom. The summed E-state index contributed by atoms with van der Waals surface area (Å²) in [5.74, 6) is 1.44. The van der Waals surface area contributed by atoms with Crippen molar-refractivity contribution in [3.8, 4) is 5.75 Å². The molecule has 0 amide bonds. The van der Waals surface area contributed by atoms with Crippen molar-refractivity contribution in [3.05, 3.63) is 29.8 Å². The standard InChI is InChI=1S/C14H19NO2/c16-14(6-3-7-14)10-15-8-11-9-17-13-5-2-1-4-12(11)13/h1-2,4-5,11,15-16H,3,6-10H2. The minimum atomic E-state index is -0.432. The van der Waals surface area contributed by atoms with E-state index in [1.165, 1.54) is 5.56 Å². The van der Waals surface area contributed by atoms with Gasteiger partial charge < -0.3 is 15.2 Å². The first-order chi connectivity index (χ1) is 8.27. The topological polar surface area (TPSA) is 41.5 Å². The second-order valence-electron chi connectivity index (χ2n) is 5.25. The number of ether oxygens (including phenoxy) is 1. The molecule has 2 aliphatic rings. The Bertz CT molecular complexity index is 401. The smallest absolute Gasteiger partial charge is 0.122 e. The van der Waals surface area contributed by atoms with Gasteiger partial charge in [0.05, 0.1) is 12.2 Å². The molecule has 1 aromatic carbocycles. The lowest BCUT2D eigenvalue weighted by Gasteiger charge is -2.37. The summed E-state index contributed by atoms with van der Waals surface area (Å²) < 4.78 is 5.63. The molecule has 1 aliphatic heterocycles. The molecule has 1 unspecified atom stereocenters. The fourth-order valence-corrected chi connectivity index (χ4v) is 2.64. The Hall–Kier alpha value is -1.06. The summed E-state index contributed by atoms with van der Waals surface area (Å²) in [6.07, 6.45) is 3.04. The van der Waals surface area contributed by atoms with Crippen LogP contribution in [0.4, 0.5) is 0 Å². The zero-order valence-corrected chi connectivity index (χ0v) is 9.98. The van der Waals surface area contributed by atoms with Gasteiger partial charge in [-0.25, -0.2) is 0 Å². The summed E-state index contributed by atoms with van der Waals surface area (Å²) in [5, 5.41) is 13.4. The van der Waals surface area contributed by atoms with Crippen LogP contribution in [0.1, 0.15) is 30.7 Å². The maximum absolute atomic E-state index is 9.99. The van der Waals surface area contributed by atoms with Crippen molar-refractivity contribution < 1.29 is 9.84 Å². The number of fused-ring (bicyclic) bond motifs is 1. The molecule has 2 N–H and O–H groups in total. The van der Waals surface area contributed by atoms with E-state index in [0.717, 1.165) is 38.2 Å². The fraction of sp³-hybridized carbons (Fsp3) is 0.571. The maximum atomic E-state index is 9.99. The van der Waals surface area contributed by atoms with Gasteiger partial charge in [-0.15, -0.1) is 0 Å². The van der Waals surface area contributed by atoms with Crippen molar-refractivity contribution in [2.75, 3.05) is 19.7 Å². The highest BCUT2D eigenvalue weighted by molar-refractivity contribution is 5.39. The van der Waals surface area contributed by atoms with Gasteiger partial charge in [0.15, 0.2) is 0 Å². The molecule has 17 heavy (non-hydrogen) atoms. The SMILES string of the molecule is OC1(CNCC2COc3ccccc32)CCC1. The Morgan fingerprint density at radius 1 is 1.35 bits per heavy atom. The van der Waals surface area contributed by atoms with Crippen LogP contribution >= 0.6 is 0 Å². The lowest BCUT2D eigenvalue weighted by Crippen LogP contribution is -2.47. The van der Waals surface area contributed by atoms with Crippen molar-refractivity contribution in [2.24, 2.45) is 0 Å². The van der Waals surface area contributed by atoms with Gasteiger partial charge >= 0.3 is 0 Å². The van der Waals surface area contributed by atoms with Crippen LogP contribution in [0.5, 0.6) is 5.75 Å². The lowest BCUT2D eigenvalue weighted by molar-refractivity contribution is -0.0313. The van der Waals surface area contributed by atoms with Gasteiger partial charge in [0.1, 0.15) is 5.75 Å². The van der Waals surface area contributed by atoms with Crippen LogP contribution in [0.25, 0.3) is 0 Å². The molecule has 1 aromatic rings. The maximum Gasteiger partial charge on any atom is 0.122 e. The highest BCUT2D eigenvalue weighted by Gasteiger charge is 2.34. The van der Waals surface area contributed by atoms with E-state index in [9.17, 15) is 5.11 Å². The van der Waals surface area contributed by atoms with Crippen LogP contribution < -0.4 is 10.1 Å². The lowest BCUT2D eigenvalue weighted by atomic mass is 9.80. The van der Waals surface area contributed by atoms with Gasteiger partial charge in [0.25, 0.3) is 0 Å². The van der Waals surface area contributed by atoms with Gasteiger partial charge in [-0.3, -0.25) is 0 Å². The molecule has 3 heteroatoms. The Labute approximate surface area is 102 Å². The number of hydrogen-bond donors (Lipinski definition) is 2. The molecule has 3 rings (SSSR count). The molecule has 1 aliphatic carbocycles. The average molecular weight is 233 g/mol. The minimum Gasteiger partial charge on any atom is -0.493 e. The van der Waals surface area contributed by atoms with E-state index in [4.69, 9.17) is 4.74 Å². The zero-order valence-electron chi connectivity index (χ0n) is 9.98. The minimum absolute atomic E-state index is 0.426. The molecule has 1 fully saturated rings. The Kier molecular flexibility index (Phi) is 2.81. The van der Waals surface area contributed by atoms with Gasteiger partial charge in [0.2, 0.25) is 0 Å². The zero-order chi connectivity index (χ0) is 11.7. The fourth-order valence-electron chi connectivity index (χ4n) is 2.64. The van der Waals surface area contributed by atoms with E-state index in [-0.39, 0.29) is 0 Å². The predicted octanol–water partition coefficient (Wildman–Crippen LogP) is 1.67. The van der Waals surface area contributed by atoms with E-state index in [2.05, 4.69) is 17.4 Å². The van der Waals surface area contributed by atoms with Gasteiger partial charge in [-0.05, 0) is 25.3 Å². The third-order valence-electron chi connectivity index (χ3n) is 3.93. The average Bonchev–Trinajstić information content (AvgIpc) is 2.71. The molecule has 3 nitrogen and oxygen atoms in total. The van der Waals surface area contributed by atoms with E-state index in [0.29, 0.717) is 12.5 Å². The summed E-state index contributed by atoms with van der Waals surface area (Å²) in [5.41, 5.74) is 0.861. The first-order valence-corrected chi connectivity index (χ1v) is 6.42. The van der Waals surface area contributed by atoms with E-state index in [1.54, 1.807) is 0 Å². The molecule has 0 aromatic heterocycles. The van der Waals surface area contributed by atoms with Gasteiger partial charge in [0, 0.05) is 24.6 Å². The Morgan fingerprint density at radius 3 is 2.94 bits per heavy atom. The van der Waals surface area contributed by atoms with Crippen LogP contribution in [0.3, 0.4) is 0 Å². The van der Waals surface area contributed by atoms with Crippen molar-refractivity contribution in [1.82, 2.24) is 5.32 Å². The summed E-state index contributed by atoms with van der Waals surface area (Å²) in [6, 6.07) is 8.22. The highest BCUT2D eigenvalue weighted by atomic mass is 16.5. The monoisotopic (exact) mass is 233 g/mol. The molecule has 0 bridgehead atoms. The number of aliphatic hydroxyl groups is 1. The third-order valence-corrected chi connectivity index (χ3v) is 3.93. The van der Waals surface area contributed by atoms with Crippen molar-refractivity contribution >= 4 is 0 Å². The largest absolute Gasteiger partial charge is 0.493 e. The van der Waals surface area contributed by atoms with Crippen LogP contribution in [0, 0.1) is 0 Å². The summed E-state index contributed by atoms with van der Waals surface area (Å²) >= 11 is 0. The number of para-hydroxylation sites is 1. The molecule has 1 heterocycles. The first-order valence-electron chi connectivity index (χ1n) is 6.42. The van der Waals surface area contributed by atoms with Crippen molar-refractivity contribution in [3.63, 3.8) is 0 Å². The van der Waals surface area contributed by atoms with Crippen molar-refractivity contribution in [2.45, 2.75) is 30.8 Å². The number of benzene rings is 1. The summed E-state index contributed by atoms with van der Waals surface area (Å²) in [7, 11) is 0. The van der Waals surface area contributed by atoms with Crippen LogP contribution in [0.2, 0.25) is 0 Å². The normalized spacial score (nSPS) is 24.9. The molecular formula is C14H19NO2. The number of nitrogens with one attached hydrogen (secondary N) is 1. The van der Waals surface area contributed by atoms with E-state index < -0.39 is 5.60 Å². The second-order valence-corrected chi connectivity index (χ2v) is 5.25. The summed E-state index contributed by atoms with van der Waals surface area (Å²) in [6.45, 7) is 2.36. The summed E-state index contributed by atoms with van der Waals surface area (Å²) in [4.78, 5) is 0. The van der Waals surface area contributed by atoms with E-state index in [1.807, 2.05) is 12.1 Å². The molecular weight excluding hydrogens is 214 g/mol. The molecule has 92 valence electrons. The second kappa shape index (κ2) is 4.31. The van der Waals surface area contributed by atoms with Crippen LogP contribution in [-0.4, -0.2) is 30.4 Å². The molecule has 0 radical (unpaired) electrons. The quantitative estimate of drug-likeness (QED) is 0.831. The number of hydrogen-bond acceptors (Lipinski definition) is 3. The predicted molar refractivity (Wildman–Crippen MR) is 66.3 cm³/mol. The first kappa shape index (κ1) is 11.1. The number of rotatable bonds is 4. The van der Waals surface area contributed by atoms with Gasteiger partial charge in [-0.1, -0.05) is 18.2 Å². The Balaban J connectivity index is 1.53. The van der Waals surface area contributed by atoms with Gasteiger partial charge in [-0.2, -0.15) is 0 Å². The highest BCUT2D eigenvalue weighted by Crippen LogP contribution is 2.34.